The van der Waals surface area contributed by atoms with Crippen LogP contribution in [0.3, 0.4) is 0 Å². The summed E-state index contributed by atoms with van der Waals surface area (Å²) < 4.78 is 0. The molecule has 0 fully saturated rings. The fraction of sp³-hybridized carbons (Fsp3) is 0.944. The van der Waals surface area contributed by atoms with Crippen LogP contribution in [0.1, 0.15) is 80.6 Å². The highest BCUT2D eigenvalue weighted by atomic mass is 16.3. The predicted octanol–water partition coefficient (Wildman–Crippen LogP) is 4.84. The average Bonchev–Trinajstić information content (AvgIpc) is 2.35. The van der Waals surface area contributed by atoms with Crippen LogP contribution < -0.4 is 0 Å². The molecule has 0 bridgehead atoms. The highest BCUT2D eigenvalue weighted by molar-refractivity contribution is 5.54. The van der Waals surface area contributed by atoms with E-state index in [1.165, 1.54) is 0 Å². The third kappa shape index (κ3) is 6.39. The number of carbonyl (C=O) groups is 1. The van der Waals surface area contributed by atoms with Gasteiger partial charge in [0.2, 0.25) is 0 Å². The lowest BCUT2D eigenvalue weighted by Gasteiger charge is -2.35. The van der Waals surface area contributed by atoms with Crippen molar-refractivity contribution in [2.24, 2.45) is 22.7 Å². The molecule has 0 aromatic carbocycles. The van der Waals surface area contributed by atoms with Crippen LogP contribution in [0, 0.1) is 22.7 Å². The minimum absolute atomic E-state index is 0.0563. The van der Waals surface area contributed by atoms with Gasteiger partial charge in [0.1, 0.15) is 6.29 Å². The van der Waals surface area contributed by atoms with Gasteiger partial charge in [-0.15, -0.1) is 0 Å². The van der Waals surface area contributed by atoms with Crippen molar-refractivity contribution in [3.05, 3.63) is 0 Å². The quantitative estimate of drug-likeness (QED) is 0.583. The molecule has 20 heavy (non-hydrogen) atoms. The molecule has 0 aromatic rings. The van der Waals surface area contributed by atoms with Gasteiger partial charge in [0.05, 0.1) is 6.10 Å². The van der Waals surface area contributed by atoms with E-state index in [0.717, 1.165) is 38.4 Å². The number of rotatable bonds is 10. The summed E-state index contributed by atoms with van der Waals surface area (Å²) in [5.41, 5.74) is -0.0549. The zero-order valence-corrected chi connectivity index (χ0v) is 14.7. The molecule has 2 heteroatoms. The smallest absolute Gasteiger partial charge is 0.123 e. The Kier molecular flexibility index (Phi) is 8.01. The van der Waals surface area contributed by atoms with Gasteiger partial charge in [0.25, 0.3) is 0 Å². The highest BCUT2D eigenvalue weighted by Crippen LogP contribution is 2.37. The maximum atomic E-state index is 11.3. The molecule has 2 atom stereocenters. The zero-order chi connectivity index (χ0) is 16.0. The number of aliphatic hydroxyl groups excluding tert-OH is 1. The van der Waals surface area contributed by atoms with Crippen molar-refractivity contribution in [1.82, 2.24) is 0 Å². The van der Waals surface area contributed by atoms with Crippen molar-refractivity contribution < 1.29 is 9.90 Å². The first-order valence-corrected chi connectivity index (χ1v) is 8.20. The van der Waals surface area contributed by atoms with Crippen LogP contribution in [0.15, 0.2) is 0 Å². The summed E-state index contributed by atoms with van der Waals surface area (Å²) >= 11 is 0. The van der Waals surface area contributed by atoms with Crippen molar-refractivity contribution in [1.29, 1.82) is 0 Å². The SMILES string of the molecule is CCC(C)(C)C(C=O)CCC(C)(C)C(O)CCC(C)C. The standard InChI is InChI=1S/C18H36O2/c1-8-17(4,5)15(13-19)11-12-18(6,7)16(20)10-9-14(2)3/h13-16,20H,8-12H2,1-7H3. The maximum Gasteiger partial charge on any atom is 0.123 e. The van der Waals surface area contributed by atoms with Crippen molar-refractivity contribution >= 4 is 6.29 Å². The Bertz CT molecular complexity index is 279. The molecule has 0 aromatic heterocycles. The predicted molar refractivity (Wildman–Crippen MR) is 86.7 cm³/mol. The van der Waals surface area contributed by atoms with Gasteiger partial charge in [-0.05, 0) is 42.4 Å². The fourth-order valence-corrected chi connectivity index (χ4v) is 2.48. The summed E-state index contributed by atoms with van der Waals surface area (Å²) in [4.78, 5) is 11.3. The molecule has 0 amide bonds. The van der Waals surface area contributed by atoms with Crippen LogP contribution >= 0.6 is 0 Å². The van der Waals surface area contributed by atoms with Crippen LogP contribution in [-0.4, -0.2) is 17.5 Å². The van der Waals surface area contributed by atoms with E-state index < -0.39 is 0 Å². The minimum atomic E-state index is -0.276. The molecule has 0 aliphatic heterocycles. The van der Waals surface area contributed by atoms with Crippen molar-refractivity contribution in [3.8, 4) is 0 Å². The van der Waals surface area contributed by atoms with Crippen LogP contribution in [0.2, 0.25) is 0 Å². The van der Waals surface area contributed by atoms with E-state index in [1.54, 1.807) is 0 Å². The molecule has 0 heterocycles. The van der Waals surface area contributed by atoms with Gasteiger partial charge in [-0.3, -0.25) is 0 Å². The number of aliphatic hydroxyl groups is 1. The second-order valence-electron chi connectivity index (χ2n) is 8.10. The van der Waals surface area contributed by atoms with Crippen molar-refractivity contribution in [2.75, 3.05) is 0 Å². The molecule has 120 valence electrons. The van der Waals surface area contributed by atoms with E-state index in [2.05, 4.69) is 48.5 Å². The van der Waals surface area contributed by atoms with Gasteiger partial charge in [-0.1, -0.05) is 54.9 Å². The topological polar surface area (TPSA) is 37.3 Å². The molecule has 2 unspecified atom stereocenters. The molecule has 0 aliphatic rings. The Hall–Kier alpha value is -0.370. The lowest BCUT2D eigenvalue weighted by Crippen LogP contribution is -2.32. The largest absolute Gasteiger partial charge is 0.393 e. The van der Waals surface area contributed by atoms with Gasteiger partial charge in [-0.2, -0.15) is 0 Å². The van der Waals surface area contributed by atoms with Crippen LogP contribution in [0.4, 0.5) is 0 Å². The number of carbonyl (C=O) groups excluding carboxylic acids is 1. The summed E-state index contributed by atoms with van der Waals surface area (Å²) in [5, 5.41) is 10.4. The number of hydrogen-bond donors (Lipinski definition) is 1. The number of aldehydes is 1. The van der Waals surface area contributed by atoms with Crippen molar-refractivity contribution in [2.45, 2.75) is 86.7 Å². The molecule has 2 nitrogen and oxygen atoms in total. The monoisotopic (exact) mass is 284 g/mol. The Morgan fingerprint density at radius 3 is 1.95 bits per heavy atom. The van der Waals surface area contributed by atoms with E-state index in [1.807, 2.05) is 0 Å². The second-order valence-corrected chi connectivity index (χ2v) is 8.10. The molecular weight excluding hydrogens is 248 g/mol. The summed E-state index contributed by atoms with van der Waals surface area (Å²) in [5.74, 6) is 0.714. The third-order valence-corrected chi connectivity index (χ3v) is 5.10. The van der Waals surface area contributed by atoms with Gasteiger partial charge >= 0.3 is 0 Å². The van der Waals surface area contributed by atoms with Gasteiger partial charge in [0, 0.05) is 5.92 Å². The van der Waals surface area contributed by atoms with E-state index in [4.69, 9.17) is 0 Å². The Labute approximate surface area is 126 Å². The zero-order valence-electron chi connectivity index (χ0n) is 14.7. The molecule has 0 saturated carbocycles. The summed E-state index contributed by atoms with van der Waals surface area (Å²) in [6, 6.07) is 0. The first-order chi connectivity index (χ1) is 9.06. The van der Waals surface area contributed by atoms with Gasteiger partial charge in [-0.25, -0.2) is 0 Å². The van der Waals surface area contributed by atoms with Crippen LogP contribution in [0.5, 0.6) is 0 Å². The van der Waals surface area contributed by atoms with E-state index in [0.29, 0.717) is 5.92 Å². The molecule has 0 rings (SSSR count). The van der Waals surface area contributed by atoms with Gasteiger partial charge in [0.15, 0.2) is 0 Å². The lowest BCUT2D eigenvalue weighted by atomic mass is 9.71. The van der Waals surface area contributed by atoms with Gasteiger partial charge < -0.3 is 9.90 Å². The van der Waals surface area contributed by atoms with Crippen molar-refractivity contribution in [3.63, 3.8) is 0 Å². The van der Waals surface area contributed by atoms with E-state index >= 15 is 0 Å². The molecule has 0 aliphatic carbocycles. The Morgan fingerprint density at radius 2 is 1.55 bits per heavy atom. The molecule has 0 radical (unpaired) electrons. The number of hydrogen-bond acceptors (Lipinski definition) is 2. The van der Waals surface area contributed by atoms with Crippen LogP contribution in [-0.2, 0) is 4.79 Å². The summed E-state index contributed by atoms with van der Waals surface area (Å²) in [6.45, 7) is 15.1. The van der Waals surface area contributed by atoms with E-state index in [-0.39, 0.29) is 22.9 Å². The first-order valence-electron chi connectivity index (χ1n) is 8.20. The Morgan fingerprint density at radius 1 is 1.00 bits per heavy atom. The fourth-order valence-electron chi connectivity index (χ4n) is 2.48. The minimum Gasteiger partial charge on any atom is -0.393 e. The molecule has 1 N–H and O–H groups in total. The maximum absolute atomic E-state index is 11.3. The lowest BCUT2D eigenvalue weighted by molar-refractivity contribution is -0.115. The Balaban J connectivity index is 4.48. The third-order valence-electron chi connectivity index (χ3n) is 5.10. The highest BCUT2D eigenvalue weighted by Gasteiger charge is 2.32. The normalized spacial score (nSPS) is 16.2. The molecule has 0 saturated heterocycles. The molecule has 0 spiro atoms. The average molecular weight is 284 g/mol. The first kappa shape index (κ1) is 19.6. The molecular formula is C18H36O2. The van der Waals surface area contributed by atoms with Crippen LogP contribution in [0.25, 0.3) is 0 Å². The second kappa shape index (κ2) is 8.17. The summed E-state index contributed by atoms with van der Waals surface area (Å²) in [6.07, 6.45) is 5.53. The van der Waals surface area contributed by atoms with E-state index in [9.17, 15) is 9.90 Å². The summed E-state index contributed by atoms with van der Waals surface area (Å²) in [7, 11) is 0.